The number of hydrogen-bond donors (Lipinski definition) is 1. The third-order valence-corrected chi connectivity index (χ3v) is 8.05. The molecule has 186 valence electrons. The molecule has 0 unspecified atom stereocenters. The monoisotopic (exact) mass is 514 g/mol. The van der Waals surface area contributed by atoms with E-state index in [1.54, 1.807) is 18.2 Å². The van der Waals surface area contributed by atoms with E-state index in [9.17, 15) is 19.2 Å². The van der Waals surface area contributed by atoms with Gasteiger partial charge in [-0.05, 0) is 46.9 Å². The van der Waals surface area contributed by atoms with E-state index in [0.717, 1.165) is 32.7 Å². The molecule has 0 saturated carbocycles. The highest BCUT2D eigenvalue weighted by molar-refractivity contribution is 6.31. The van der Waals surface area contributed by atoms with Gasteiger partial charge in [-0.15, -0.1) is 0 Å². The lowest BCUT2D eigenvalue weighted by Crippen LogP contribution is -2.41. The molecule has 3 aliphatic carbocycles. The Hall–Kier alpha value is -3.97. The van der Waals surface area contributed by atoms with E-state index in [-0.39, 0.29) is 23.7 Å². The predicted octanol–water partition coefficient (Wildman–Crippen LogP) is 4.02. The summed E-state index contributed by atoms with van der Waals surface area (Å²) in [5.74, 6) is -3.73. The third-order valence-electron chi connectivity index (χ3n) is 7.65. The topological polar surface area (TPSA) is 92.8 Å². The van der Waals surface area contributed by atoms with Crippen LogP contribution in [0.2, 0.25) is 5.02 Å². The zero-order valence-electron chi connectivity index (χ0n) is 19.9. The van der Waals surface area contributed by atoms with E-state index in [4.69, 9.17) is 16.3 Å². The number of anilines is 1. The van der Waals surface area contributed by atoms with Gasteiger partial charge in [0.1, 0.15) is 6.54 Å². The van der Waals surface area contributed by atoms with Crippen molar-refractivity contribution in [2.75, 3.05) is 18.5 Å². The fourth-order valence-corrected chi connectivity index (χ4v) is 6.26. The van der Waals surface area contributed by atoms with Crippen LogP contribution in [-0.2, 0) is 23.9 Å². The zero-order valence-corrected chi connectivity index (χ0v) is 20.7. The van der Waals surface area contributed by atoms with Gasteiger partial charge in [0.2, 0.25) is 11.8 Å². The molecule has 3 aromatic rings. The Kier molecular flexibility index (Phi) is 5.60. The maximum Gasteiger partial charge on any atom is 0.326 e. The first-order valence-electron chi connectivity index (χ1n) is 12.1. The Labute approximate surface area is 218 Å². The van der Waals surface area contributed by atoms with Gasteiger partial charge in [0.15, 0.2) is 6.61 Å². The summed E-state index contributed by atoms with van der Waals surface area (Å²) in [6.07, 6.45) is 0. The zero-order chi connectivity index (χ0) is 25.8. The second-order valence-electron chi connectivity index (χ2n) is 9.70. The first-order valence-corrected chi connectivity index (χ1v) is 12.5. The van der Waals surface area contributed by atoms with Crippen molar-refractivity contribution in [3.8, 4) is 0 Å². The number of esters is 1. The number of ether oxygens (including phenoxy) is 1. The molecule has 2 atom stereocenters. The van der Waals surface area contributed by atoms with Crippen LogP contribution in [0.3, 0.4) is 0 Å². The van der Waals surface area contributed by atoms with E-state index in [0.29, 0.717) is 10.7 Å². The fraction of sp³-hybridized carbons (Fsp3) is 0.241. The molecule has 7 nitrogen and oxygen atoms in total. The van der Waals surface area contributed by atoms with Crippen molar-refractivity contribution in [3.05, 3.63) is 99.6 Å². The van der Waals surface area contributed by atoms with Gasteiger partial charge in [-0.2, -0.15) is 0 Å². The van der Waals surface area contributed by atoms with Gasteiger partial charge < -0.3 is 10.1 Å². The molecule has 1 heterocycles. The predicted molar refractivity (Wildman–Crippen MR) is 136 cm³/mol. The van der Waals surface area contributed by atoms with E-state index in [1.165, 1.54) is 0 Å². The first kappa shape index (κ1) is 23.4. The summed E-state index contributed by atoms with van der Waals surface area (Å²) in [6, 6.07) is 20.9. The number of halogens is 1. The molecular weight excluding hydrogens is 492 g/mol. The van der Waals surface area contributed by atoms with Crippen molar-refractivity contribution >= 4 is 41.0 Å². The lowest BCUT2D eigenvalue weighted by atomic mass is 9.55. The minimum Gasteiger partial charge on any atom is -0.454 e. The number of amides is 3. The van der Waals surface area contributed by atoms with Crippen LogP contribution in [0.25, 0.3) is 0 Å². The summed E-state index contributed by atoms with van der Waals surface area (Å²) in [4.78, 5) is 52.9. The Morgan fingerprint density at radius 3 is 1.86 bits per heavy atom. The van der Waals surface area contributed by atoms with Crippen molar-refractivity contribution in [2.24, 2.45) is 11.8 Å². The quantitative estimate of drug-likeness (QED) is 0.410. The molecule has 7 rings (SSSR count). The van der Waals surface area contributed by atoms with Crippen LogP contribution in [0.1, 0.15) is 39.7 Å². The standard InChI is InChI=1S/C29H23ClN2O5/c1-15-10-11-16(12-21(15)30)31-22(33)14-37-23(34)13-32-28(35)26-24-17-6-2-3-7-18(17)25(27(26)29(32)36)20-9-5-4-8-19(20)24/h2-12,24-27H,13-14H2,1H3,(H,31,33)/t24?,25?,26-,27-/m1/s1. The Balaban J connectivity index is 1.17. The van der Waals surface area contributed by atoms with Crippen molar-refractivity contribution in [1.29, 1.82) is 0 Å². The molecule has 37 heavy (non-hydrogen) atoms. The summed E-state index contributed by atoms with van der Waals surface area (Å²) in [6.45, 7) is 0.769. The summed E-state index contributed by atoms with van der Waals surface area (Å²) < 4.78 is 5.10. The Morgan fingerprint density at radius 1 is 0.865 bits per heavy atom. The second-order valence-corrected chi connectivity index (χ2v) is 10.1. The average molecular weight is 515 g/mol. The molecule has 3 aromatic carbocycles. The summed E-state index contributed by atoms with van der Waals surface area (Å²) in [5.41, 5.74) is 5.58. The number of likely N-dealkylation sites (tertiary alicyclic amines) is 1. The molecule has 2 bridgehead atoms. The maximum atomic E-state index is 13.5. The highest BCUT2D eigenvalue weighted by Crippen LogP contribution is 2.60. The van der Waals surface area contributed by atoms with Crippen LogP contribution >= 0.6 is 11.6 Å². The Bertz CT molecular complexity index is 1370. The van der Waals surface area contributed by atoms with Crippen LogP contribution < -0.4 is 5.32 Å². The van der Waals surface area contributed by atoms with Gasteiger partial charge in [-0.3, -0.25) is 24.1 Å². The number of imide groups is 1. The lowest BCUT2D eigenvalue weighted by Gasteiger charge is -2.45. The molecule has 4 aliphatic rings. The van der Waals surface area contributed by atoms with Crippen molar-refractivity contribution in [2.45, 2.75) is 18.8 Å². The van der Waals surface area contributed by atoms with Crippen LogP contribution in [-0.4, -0.2) is 41.7 Å². The molecule has 0 spiro atoms. The van der Waals surface area contributed by atoms with Crippen molar-refractivity contribution in [1.82, 2.24) is 4.90 Å². The van der Waals surface area contributed by atoms with Crippen LogP contribution in [0.15, 0.2) is 66.7 Å². The minimum atomic E-state index is -0.820. The molecule has 1 fully saturated rings. The SMILES string of the molecule is Cc1ccc(NC(=O)COC(=O)CN2C(=O)[C@@H]3C4c5ccccc5C(c5ccccc54)[C@H]3C2=O)cc1Cl. The van der Waals surface area contributed by atoms with Crippen molar-refractivity contribution < 1.29 is 23.9 Å². The van der Waals surface area contributed by atoms with E-state index in [2.05, 4.69) is 5.32 Å². The van der Waals surface area contributed by atoms with Gasteiger partial charge in [0.05, 0.1) is 11.8 Å². The molecule has 1 N–H and O–H groups in total. The molecule has 3 amide bonds. The van der Waals surface area contributed by atoms with Crippen LogP contribution in [0, 0.1) is 18.8 Å². The number of benzene rings is 3. The normalized spacial score (nSPS) is 22.8. The molecule has 0 aromatic heterocycles. The van der Waals surface area contributed by atoms with Crippen LogP contribution in [0.5, 0.6) is 0 Å². The highest BCUT2D eigenvalue weighted by atomic mass is 35.5. The van der Waals surface area contributed by atoms with Crippen LogP contribution in [0.4, 0.5) is 5.69 Å². The number of hydrogen-bond acceptors (Lipinski definition) is 5. The van der Waals surface area contributed by atoms with Gasteiger partial charge in [-0.25, -0.2) is 0 Å². The van der Waals surface area contributed by atoms with Gasteiger partial charge in [-0.1, -0.05) is 66.2 Å². The number of nitrogens with one attached hydrogen (secondary N) is 1. The first-order chi connectivity index (χ1) is 17.8. The van der Waals surface area contributed by atoms with E-state index >= 15 is 0 Å². The maximum absolute atomic E-state index is 13.5. The average Bonchev–Trinajstić information content (AvgIpc) is 3.15. The van der Waals surface area contributed by atoms with Crippen molar-refractivity contribution in [3.63, 3.8) is 0 Å². The van der Waals surface area contributed by atoms with E-state index in [1.807, 2.05) is 55.5 Å². The lowest BCUT2D eigenvalue weighted by molar-refractivity contribution is -0.154. The summed E-state index contributed by atoms with van der Waals surface area (Å²) >= 11 is 6.08. The molecule has 1 saturated heterocycles. The smallest absolute Gasteiger partial charge is 0.326 e. The number of rotatable bonds is 5. The summed E-state index contributed by atoms with van der Waals surface area (Å²) in [7, 11) is 0. The number of aryl methyl sites for hydroxylation is 1. The molecule has 1 aliphatic heterocycles. The second kappa shape index (κ2) is 8.85. The minimum absolute atomic E-state index is 0.244. The summed E-state index contributed by atoms with van der Waals surface area (Å²) in [5, 5.41) is 3.11. The number of carbonyl (C=O) groups is 4. The number of nitrogens with zero attached hydrogens (tertiary/aromatic N) is 1. The van der Waals surface area contributed by atoms with Gasteiger partial charge >= 0.3 is 5.97 Å². The molecular formula is C29H23ClN2O5. The Morgan fingerprint density at radius 2 is 1.38 bits per heavy atom. The largest absolute Gasteiger partial charge is 0.454 e. The number of carbonyl (C=O) groups excluding carboxylic acids is 4. The fourth-order valence-electron chi connectivity index (χ4n) is 6.08. The van der Waals surface area contributed by atoms with E-state index < -0.39 is 36.9 Å². The third kappa shape index (κ3) is 3.73. The molecule has 8 heteroatoms. The van der Waals surface area contributed by atoms with Gasteiger partial charge in [0, 0.05) is 22.5 Å². The molecule has 0 radical (unpaired) electrons. The van der Waals surface area contributed by atoms with Gasteiger partial charge in [0.25, 0.3) is 5.91 Å². The highest BCUT2D eigenvalue weighted by Gasteiger charge is 2.61.